The molecule has 0 fully saturated rings. The molecule has 262 valence electrons. The van der Waals surface area contributed by atoms with Gasteiger partial charge in [0.05, 0.1) is 27.7 Å². The van der Waals surface area contributed by atoms with Gasteiger partial charge in [0, 0.05) is 27.6 Å². The van der Waals surface area contributed by atoms with Crippen LogP contribution in [0.15, 0.2) is 77.7 Å². The SMILES string of the molecule is O.O.O.O.O.O.O.O.O.O.O.O.O=S(=O)(O)c1ccc(C2=Cc3cc4ccc(cc5ccc(cc6nc(cc2n3)C=C6)[nH]5)[nH]4)cc1. The van der Waals surface area contributed by atoms with Crippen LogP contribution in [0.2, 0.25) is 0 Å². The Bertz CT molecular complexity index is 1800. The number of hydrogen-bond donors (Lipinski definition) is 3. The fourth-order valence-electron chi connectivity index (χ4n) is 4.05. The fraction of sp³-hybridized carbons (Fsp3) is 0. The van der Waals surface area contributed by atoms with E-state index in [9.17, 15) is 13.0 Å². The summed E-state index contributed by atoms with van der Waals surface area (Å²) in [6, 6.07) is 22.0. The van der Waals surface area contributed by atoms with Gasteiger partial charge in [0.2, 0.25) is 0 Å². The van der Waals surface area contributed by atoms with Crippen molar-refractivity contribution in [2.24, 2.45) is 0 Å². The first-order valence-electron chi connectivity index (χ1n) is 10.6. The number of nitrogens with one attached hydrogen (secondary N) is 2. The minimum Gasteiger partial charge on any atom is -0.412 e. The van der Waals surface area contributed by atoms with Crippen LogP contribution in [-0.4, -0.2) is 98.6 Å². The van der Waals surface area contributed by atoms with E-state index in [1.807, 2.05) is 66.8 Å². The molecular formula is C26H42N4O15S. The first-order chi connectivity index (χ1) is 16.4. The third-order valence-electron chi connectivity index (χ3n) is 5.63. The Labute approximate surface area is 260 Å². The van der Waals surface area contributed by atoms with Crippen LogP contribution < -0.4 is 0 Å². The van der Waals surface area contributed by atoms with Crippen LogP contribution in [0.3, 0.4) is 0 Å². The van der Waals surface area contributed by atoms with Crippen molar-refractivity contribution in [3.05, 3.63) is 101 Å². The van der Waals surface area contributed by atoms with E-state index in [2.05, 4.69) is 15.0 Å². The molecule has 3 aromatic heterocycles. The first kappa shape index (κ1) is 57.0. The van der Waals surface area contributed by atoms with E-state index in [1.165, 1.54) is 12.1 Å². The number of aromatic nitrogens is 4. The highest BCUT2D eigenvalue weighted by molar-refractivity contribution is 7.85. The summed E-state index contributed by atoms with van der Waals surface area (Å²) < 4.78 is 32.2. The van der Waals surface area contributed by atoms with Gasteiger partial charge in [-0.15, -0.1) is 0 Å². The number of fused-ring (bicyclic) bond motifs is 8. The summed E-state index contributed by atoms with van der Waals surface area (Å²) in [5.41, 5.74) is 8.46. The van der Waals surface area contributed by atoms with Gasteiger partial charge in [-0.1, -0.05) is 12.1 Å². The fourth-order valence-corrected chi connectivity index (χ4v) is 4.53. The van der Waals surface area contributed by atoms with E-state index >= 15 is 0 Å². The summed E-state index contributed by atoms with van der Waals surface area (Å²) in [5.74, 6) is 0. The van der Waals surface area contributed by atoms with Crippen LogP contribution in [-0.2, 0) is 10.1 Å². The van der Waals surface area contributed by atoms with Gasteiger partial charge in [0.15, 0.2) is 0 Å². The lowest BCUT2D eigenvalue weighted by molar-refractivity contribution is 0.483. The van der Waals surface area contributed by atoms with Crippen LogP contribution in [0.1, 0.15) is 28.3 Å². The van der Waals surface area contributed by atoms with Crippen molar-refractivity contribution in [3.8, 4) is 0 Å². The molecular weight excluding hydrogens is 640 g/mol. The minimum atomic E-state index is -4.26. The van der Waals surface area contributed by atoms with Crippen LogP contribution in [0.25, 0.3) is 45.9 Å². The molecule has 19 nitrogen and oxygen atoms in total. The van der Waals surface area contributed by atoms with Gasteiger partial charge in [-0.25, -0.2) is 9.97 Å². The van der Waals surface area contributed by atoms with E-state index in [1.54, 1.807) is 12.1 Å². The normalized spacial score (nSPS) is 9.72. The Morgan fingerprint density at radius 2 is 0.913 bits per heavy atom. The van der Waals surface area contributed by atoms with Crippen LogP contribution in [0, 0.1) is 0 Å². The molecule has 0 amide bonds. The minimum absolute atomic E-state index is 0. The summed E-state index contributed by atoms with van der Waals surface area (Å²) in [5, 5.41) is 0. The second kappa shape index (κ2) is 21.9. The van der Waals surface area contributed by atoms with Gasteiger partial charge in [0.25, 0.3) is 10.1 Å². The van der Waals surface area contributed by atoms with Gasteiger partial charge in [0.1, 0.15) is 0 Å². The average Bonchev–Trinajstić information content (AvgIpc) is 3.58. The Morgan fingerprint density at radius 3 is 1.37 bits per heavy atom. The standard InChI is InChI=1S/C26H18N4O3S.12H2O/c31-34(32,33)24-9-1-16(2-10-24)25-14-23-13-21-6-5-19(28-21)11-17-3-4-18(27-17)12-20-7-8-22(29-20)15-26(25)30-23;;;;;;;;;;;;/h1-15,27-28H,(H,31,32,33);12*1H2. The zero-order valence-corrected chi connectivity index (χ0v) is 24.5. The molecule has 0 spiro atoms. The summed E-state index contributed by atoms with van der Waals surface area (Å²) in [6.45, 7) is 0. The molecule has 27 N–H and O–H groups in total. The summed E-state index contributed by atoms with van der Waals surface area (Å²) in [7, 11) is -4.26. The lowest BCUT2D eigenvalue weighted by Crippen LogP contribution is -1.97. The highest BCUT2D eigenvalue weighted by Gasteiger charge is 2.15. The average molecular weight is 683 g/mol. The number of H-pyrrole nitrogens is 2. The molecule has 0 saturated heterocycles. The van der Waals surface area contributed by atoms with Crippen molar-refractivity contribution in [3.63, 3.8) is 0 Å². The first-order valence-corrected chi connectivity index (χ1v) is 12.0. The van der Waals surface area contributed by atoms with Crippen molar-refractivity contribution < 1.29 is 78.7 Å². The number of aromatic amines is 2. The van der Waals surface area contributed by atoms with Crippen molar-refractivity contribution in [1.29, 1.82) is 0 Å². The van der Waals surface area contributed by atoms with E-state index in [0.29, 0.717) is 5.69 Å². The molecule has 20 heteroatoms. The zero-order valence-electron chi connectivity index (χ0n) is 23.7. The largest absolute Gasteiger partial charge is 0.412 e. The predicted molar refractivity (Wildman–Crippen MR) is 177 cm³/mol. The molecule has 0 saturated carbocycles. The molecule has 0 atom stereocenters. The highest BCUT2D eigenvalue weighted by Crippen LogP contribution is 2.30. The molecule has 0 radical (unpaired) electrons. The molecule has 6 rings (SSSR count). The number of rotatable bonds is 2. The van der Waals surface area contributed by atoms with Crippen LogP contribution in [0.5, 0.6) is 0 Å². The lowest BCUT2D eigenvalue weighted by Gasteiger charge is -2.03. The molecule has 0 unspecified atom stereocenters. The van der Waals surface area contributed by atoms with Crippen LogP contribution >= 0.6 is 0 Å². The predicted octanol–water partition coefficient (Wildman–Crippen LogP) is -4.58. The van der Waals surface area contributed by atoms with Gasteiger partial charge in [-0.05, 0) is 84.5 Å². The lowest BCUT2D eigenvalue weighted by atomic mass is 10.0. The molecule has 46 heavy (non-hydrogen) atoms. The summed E-state index contributed by atoms with van der Waals surface area (Å²) >= 11 is 0. The van der Waals surface area contributed by atoms with E-state index in [4.69, 9.17) is 4.98 Å². The number of benzene rings is 1. The van der Waals surface area contributed by atoms with Crippen molar-refractivity contribution >= 4 is 56.0 Å². The second-order valence-corrected chi connectivity index (χ2v) is 9.51. The molecule has 1 aromatic carbocycles. The number of hydrogen-bond acceptors (Lipinski definition) is 4. The molecule has 4 aromatic rings. The quantitative estimate of drug-likeness (QED) is 0.151. The topological polar surface area (TPSA) is 490 Å². The Kier molecular flexibility index (Phi) is 27.1. The Balaban J connectivity index is -0.000000253. The summed E-state index contributed by atoms with van der Waals surface area (Å²) in [6.07, 6.45) is 5.82. The smallest absolute Gasteiger partial charge is 0.294 e. The third-order valence-corrected chi connectivity index (χ3v) is 6.50. The van der Waals surface area contributed by atoms with Crippen molar-refractivity contribution in [1.82, 2.24) is 19.9 Å². The molecule has 2 aliphatic rings. The van der Waals surface area contributed by atoms with E-state index < -0.39 is 10.1 Å². The van der Waals surface area contributed by atoms with Crippen LogP contribution in [0.4, 0.5) is 0 Å². The maximum atomic E-state index is 11.4. The maximum absolute atomic E-state index is 11.4. The monoisotopic (exact) mass is 682 g/mol. The van der Waals surface area contributed by atoms with E-state index in [-0.39, 0.29) is 70.6 Å². The molecule has 2 aliphatic heterocycles. The van der Waals surface area contributed by atoms with Crippen molar-refractivity contribution in [2.75, 3.05) is 0 Å². The van der Waals surface area contributed by atoms with Gasteiger partial charge >= 0.3 is 0 Å². The zero-order chi connectivity index (χ0) is 23.3. The molecule has 0 aliphatic carbocycles. The van der Waals surface area contributed by atoms with Gasteiger partial charge in [-0.3, -0.25) is 4.55 Å². The van der Waals surface area contributed by atoms with Gasteiger partial charge in [-0.2, -0.15) is 8.42 Å². The highest BCUT2D eigenvalue weighted by atomic mass is 32.2. The third kappa shape index (κ3) is 11.6. The Morgan fingerprint density at radius 1 is 0.500 bits per heavy atom. The van der Waals surface area contributed by atoms with Gasteiger partial charge < -0.3 is 75.7 Å². The van der Waals surface area contributed by atoms with Crippen molar-refractivity contribution in [2.45, 2.75) is 4.90 Å². The Hall–Kier alpha value is -4.75. The summed E-state index contributed by atoms with van der Waals surface area (Å²) in [4.78, 5) is 16.1. The number of nitrogens with zero attached hydrogens (tertiary/aromatic N) is 2. The van der Waals surface area contributed by atoms with E-state index in [0.717, 1.165) is 50.3 Å². The molecule has 8 bridgehead atoms. The molecule has 5 heterocycles. The maximum Gasteiger partial charge on any atom is 0.294 e. The second-order valence-electron chi connectivity index (χ2n) is 8.09.